The maximum absolute atomic E-state index is 14.0. The Balaban J connectivity index is 1.40. The molecular weight excluding hydrogens is 417 g/mol. The molecule has 0 unspecified atom stereocenters. The number of hydrogen-bond donors (Lipinski definition) is 0. The minimum Gasteiger partial charge on any atom is -0.423 e. The van der Waals surface area contributed by atoms with E-state index in [1.54, 1.807) is 0 Å². The first-order chi connectivity index (χ1) is 16.1. The van der Waals surface area contributed by atoms with Crippen LogP contribution in [0.25, 0.3) is 0 Å². The van der Waals surface area contributed by atoms with Gasteiger partial charge in [0.2, 0.25) is 0 Å². The molecule has 0 spiro atoms. The Morgan fingerprint density at radius 1 is 1.06 bits per heavy atom. The van der Waals surface area contributed by atoms with Crippen LogP contribution in [-0.4, -0.2) is 15.9 Å². The Labute approximate surface area is 196 Å². The number of aryl methyl sites for hydroxylation is 1. The standard InChI is InChI=1S/C27H34FN3O2/c1-2-3-4-5-6-7-8-9-21-18-30-26(31-19-21)22-11-13-23(14-12-22)27(32)33-25-15-10-20(17-29)16-24(25)28/h10,15-16,18-19,22-23H,2-9,11-14H2,1H3. The van der Waals surface area contributed by atoms with E-state index in [4.69, 9.17) is 10.00 Å². The van der Waals surface area contributed by atoms with Crippen LogP contribution < -0.4 is 4.74 Å². The third kappa shape index (κ3) is 7.63. The summed E-state index contributed by atoms with van der Waals surface area (Å²) in [5.74, 6) is -0.394. The Bertz CT molecular complexity index is 931. The van der Waals surface area contributed by atoms with E-state index in [0.717, 1.165) is 31.2 Å². The number of carbonyl (C=O) groups excluding carboxylic acids is 1. The van der Waals surface area contributed by atoms with E-state index in [0.29, 0.717) is 12.8 Å². The van der Waals surface area contributed by atoms with Gasteiger partial charge in [-0.25, -0.2) is 14.4 Å². The van der Waals surface area contributed by atoms with Gasteiger partial charge in [0, 0.05) is 18.3 Å². The Kier molecular flexibility index (Phi) is 9.80. The molecule has 2 aromatic rings. The minimum atomic E-state index is -0.693. The summed E-state index contributed by atoms with van der Waals surface area (Å²) in [7, 11) is 0. The third-order valence-electron chi connectivity index (χ3n) is 6.49. The molecule has 176 valence electrons. The molecule has 1 aromatic heterocycles. The second kappa shape index (κ2) is 13.0. The summed E-state index contributed by atoms with van der Waals surface area (Å²) in [5.41, 5.74) is 1.38. The van der Waals surface area contributed by atoms with Crippen LogP contribution in [0.1, 0.15) is 100 Å². The molecule has 0 radical (unpaired) electrons. The van der Waals surface area contributed by atoms with E-state index in [1.165, 1.54) is 62.6 Å². The monoisotopic (exact) mass is 451 g/mol. The summed E-state index contributed by atoms with van der Waals surface area (Å²) in [6.07, 6.45) is 17.0. The summed E-state index contributed by atoms with van der Waals surface area (Å²) < 4.78 is 19.3. The van der Waals surface area contributed by atoms with Gasteiger partial charge in [-0.2, -0.15) is 5.26 Å². The van der Waals surface area contributed by atoms with Crippen molar-refractivity contribution in [2.75, 3.05) is 0 Å². The van der Waals surface area contributed by atoms with Gasteiger partial charge in [0.15, 0.2) is 11.6 Å². The average molecular weight is 452 g/mol. The number of rotatable bonds is 11. The molecule has 1 fully saturated rings. The second-order valence-corrected chi connectivity index (χ2v) is 9.05. The van der Waals surface area contributed by atoms with Gasteiger partial charge in [-0.05, 0) is 62.3 Å². The fraction of sp³-hybridized carbons (Fsp3) is 0.556. The largest absolute Gasteiger partial charge is 0.423 e. The van der Waals surface area contributed by atoms with Gasteiger partial charge in [-0.3, -0.25) is 4.79 Å². The van der Waals surface area contributed by atoms with Crippen LogP contribution >= 0.6 is 0 Å². The van der Waals surface area contributed by atoms with Crippen LogP contribution in [0.4, 0.5) is 4.39 Å². The van der Waals surface area contributed by atoms with E-state index in [2.05, 4.69) is 16.9 Å². The van der Waals surface area contributed by atoms with Crippen molar-refractivity contribution in [2.45, 2.75) is 89.9 Å². The fourth-order valence-electron chi connectivity index (χ4n) is 4.42. The second-order valence-electron chi connectivity index (χ2n) is 9.05. The van der Waals surface area contributed by atoms with Gasteiger partial charge in [-0.1, -0.05) is 45.4 Å². The molecule has 1 aliphatic rings. The number of carbonyl (C=O) groups is 1. The Morgan fingerprint density at radius 3 is 2.36 bits per heavy atom. The van der Waals surface area contributed by atoms with Gasteiger partial charge < -0.3 is 4.74 Å². The molecule has 5 nitrogen and oxygen atoms in total. The summed E-state index contributed by atoms with van der Waals surface area (Å²) in [6.45, 7) is 2.24. The highest BCUT2D eigenvalue weighted by Gasteiger charge is 2.30. The molecular formula is C27H34FN3O2. The smallest absolute Gasteiger partial charge is 0.314 e. The number of ether oxygens (including phenoxy) is 1. The molecule has 0 bridgehead atoms. The van der Waals surface area contributed by atoms with Gasteiger partial charge in [0.25, 0.3) is 0 Å². The first-order valence-corrected chi connectivity index (χ1v) is 12.3. The van der Waals surface area contributed by atoms with E-state index in [-0.39, 0.29) is 23.1 Å². The molecule has 0 N–H and O–H groups in total. The maximum Gasteiger partial charge on any atom is 0.314 e. The van der Waals surface area contributed by atoms with Crippen molar-refractivity contribution in [3.8, 4) is 11.8 Å². The van der Waals surface area contributed by atoms with Crippen molar-refractivity contribution in [1.82, 2.24) is 9.97 Å². The van der Waals surface area contributed by atoms with Crippen molar-refractivity contribution in [3.63, 3.8) is 0 Å². The predicted octanol–water partition coefficient (Wildman–Crippen LogP) is 6.66. The van der Waals surface area contributed by atoms with Crippen molar-refractivity contribution in [1.29, 1.82) is 5.26 Å². The lowest BCUT2D eigenvalue weighted by Gasteiger charge is -2.26. The van der Waals surface area contributed by atoms with Gasteiger partial charge in [-0.15, -0.1) is 0 Å². The van der Waals surface area contributed by atoms with E-state index in [9.17, 15) is 9.18 Å². The third-order valence-corrected chi connectivity index (χ3v) is 6.49. The molecule has 0 atom stereocenters. The summed E-state index contributed by atoms with van der Waals surface area (Å²) in [4.78, 5) is 21.7. The van der Waals surface area contributed by atoms with Crippen molar-refractivity contribution < 1.29 is 13.9 Å². The van der Waals surface area contributed by atoms with E-state index < -0.39 is 11.8 Å². The van der Waals surface area contributed by atoms with Crippen LogP contribution in [0.2, 0.25) is 0 Å². The van der Waals surface area contributed by atoms with Crippen LogP contribution in [0.5, 0.6) is 5.75 Å². The minimum absolute atomic E-state index is 0.124. The number of halogens is 1. The molecule has 3 rings (SSSR count). The number of unbranched alkanes of at least 4 members (excludes halogenated alkanes) is 6. The normalized spacial score (nSPS) is 18.0. The lowest BCUT2D eigenvalue weighted by atomic mass is 9.81. The zero-order chi connectivity index (χ0) is 23.5. The van der Waals surface area contributed by atoms with E-state index >= 15 is 0 Å². The molecule has 1 aromatic carbocycles. The van der Waals surface area contributed by atoms with Gasteiger partial charge in [0.05, 0.1) is 17.6 Å². The highest BCUT2D eigenvalue weighted by Crippen LogP contribution is 2.35. The molecule has 1 heterocycles. The molecule has 0 saturated heterocycles. The number of aromatic nitrogens is 2. The van der Waals surface area contributed by atoms with Crippen molar-refractivity contribution >= 4 is 5.97 Å². The van der Waals surface area contributed by atoms with Gasteiger partial charge >= 0.3 is 5.97 Å². The average Bonchev–Trinajstić information content (AvgIpc) is 2.85. The van der Waals surface area contributed by atoms with Crippen LogP contribution in [0, 0.1) is 23.1 Å². The number of nitriles is 1. The predicted molar refractivity (Wildman–Crippen MR) is 125 cm³/mol. The Morgan fingerprint density at radius 2 is 1.73 bits per heavy atom. The SMILES string of the molecule is CCCCCCCCCc1cnc(C2CCC(C(=O)Oc3ccc(C#N)cc3F)CC2)nc1. The van der Waals surface area contributed by atoms with Crippen LogP contribution in [0.15, 0.2) is 30.6 Å². The zero-order valence-electron chi connectivity index (χ0n) is 19.6. The highest BCUT2D eigenvalue weighted by molar-refractivity contribution is 5.75. The maximum atomic E-state index is 14.0. The lowest BCUT2D eigenvalue weighted by Crippen LogP contribution is -2.26. The zero-order valence-corrected chi connectivity index (χ0v) is 19.6. The quantitative estimate of drug-likeness (QED) is 0.217. The molecule has 6 heteroatoms. The molecule has 0 amide bonds. The topological polar surface area (TPSA) is 75.9 Å². The summed E-state index contributed by atoms with van der Waals surface area (Å²) in [6, 6.07) is 5.72. The van der Waals surface area contributed by atoms with Crippen molar-refractivity contribution in [2.24, 2.45) is 5.92 Å². The lowest BCUT2D eigenvalue weighted by molar-refractivity contribution is -0.140. The Hall–Kier alpha value is -2.81. The molecule has 33 heavy (non-hydrogen) atoms. The van der Waals surface area contributed by atoms with Gasteiger partial charge in [0.1, 0.15) is 5.82 Å². The highest BCUT2D eigenvalue weighted by atomic mass is 19.1. The van der Waals surface area contributed by atoms with Crippen molar-refractivity contribution in [3.05, 3.63) is 53.4 Å². The number of esters is 1. The number of benzene rings is 1. The van der Waals surface area contributed by atoms with Crippen LogP contribution in [0.3, 0.4) is 0 Å². The van der Waals surface area contributed by atoms with Crippen LogP contribution in [-0.2, 0) is 11.2 Å². The first-order valence-electron chi connectivity index (χ1n) is 12.3. The number of nitrogens with zero attached hydrogens (tertiary/aromatic N) is 3. The first kappa shape index (κ1) is 24.8. The summed E-state index contributed by atoms with van der Waals surface area (Å²) >= 11 is 0. The molecule has 0 aliphatic heterocycles. The fourth-order valence-corrected chi connectivity index (χ4v) is 4.42. The molecule has 1 aliphatic carbocycles. The number of hydrogen-bond acceptors (Lipinski definition) is 5. The molecule has 1 saturated carbocycles. The summed E-state index contributed by atoms with van der Waals surface area (Å²) in [5, 5.41) is 8.82. The van der Waals surface area contributed by atoms with E-state index in [1.807, 2.05) is 18.5 Å².